The molecule has 26 heavy (non-hydrogen) atoms. The summed E-state index contributed by atoms with van der Waals surface area (Å²) in [5.74, 6) is -0.0218. The summed E-state index contributed by atoms with van der Waals surface area (Å²) in [6, 6.07) is 16.3. The maximum absolute atomic E-state index is 12.4. The van der Waals surface area contributed by atoms with Crippen molar-refractivity contribution >= 4 is 33.2 Å². The third-order valence-electron chi connectivity index (χ3n) is 4.25. The molecule has 0 spiro atoms. The molecule has 1 atom stereocenters. The molecule has 1 heterocycles. The van der Waals surface area contributed by atoms with Crippen LogP contribution in [0.5, 0.6) is 0 Å². The normalized spacial score (nSPS) is 12.0. The van der Waals surface area contributed by atoms with Crippen molar-refractivity contribution in [1.82, 2.24) is 10.3 Å². The molecule has 1 aromatic heterocycles. The molecular formula is C21H21BrN2OS. The van der Waals surface area contributed by atoms with Crippen molar-refractivity contribution in [1.29, 1.82) is 0 Å². The minimum atomic E-state index is -0.0576. The summed E-state index contributed by atoms with van der Waals surface area (Å²) in [6.07, 6.45) is 1.32. The van der Waals surface area contributed by atoms with E-state index in [1.165, 1.54) is 5.56 Å². The molecule has 134 valence electrons. The zero-order chi connectivity index (χ0) is 18.5. The van der Waals surface area contributed by atoms with Crippen LogP contribution in [0.15, 0.2) is 58.4 Å². The number of hydrogen-bond donors (Lipinski definition) is 1. The summed E-state index contributed by atoms with van der Waals surface area (Å²) >= 11 is 5.11. The van der Waals surface area contributed by atoms with Crippen LogP contribution in [0, 0.1) is 0 Å². The number of halogens is 1. The molecule has 0 saturated heterocycles. The lowest BCUT2D eigenvalue weighted by molar-refractivity contribution is -0.121. The van der Waals surface area contributed by atoms with Gasteiger partial charge in [0.05, 0.1) is 18.2 Å². The number of nitrogens with one attached hydrogen (secondary N) is 1. The molecule has 0 bridgehead atoms. The molecule has 1 amide bonds. The van der Waals surface area contributed by atoms with Gasteiger partial charge >= 0.3 is 0 Å². The molecule has 3 nitrogen and oxygen atoms in total. The highest BCUT2D eigenvalue weighted by Crippen LogP contribution is 2.25. The fourth-order valence-corrected chi connectivity index (χ4v) is 4.22. The summed E-state index contributed by atoms with van der Waals surface area (Å²) in [7, 11) is 0. The van der Waals surface area contributed by atoms with E-state index in [1.807, 2.05) is 36.6 Å². The average molecular weight is 429 g/mol. The smallest absolute Gasteiger partial charge is 0.226 e. The predicted molar refractivity (Wildman–Crippen MR) is 111 cm³/mol. The Morgan fingerprint density at radius 2 is 1.92 bits per heavy atom. The van der Waals surface area contributed by atoms with Crippen LogP contribution in [-0.2, 0) is 17.6 Å². The lowest BCUT2D eigenvalue weighted by Gasteiger charge is -2.15. The molecule has 0 saturated carbocycles. The maximum atomic E-state index is 12.4. The van der Waals surface area contributed by atoms with Gasteiger partial charge in [0.1, 0.15) is 5.01 Å². The van der Waals surface area contributed by atoms with E-state index < -0.39 is 0 Å². The van der Waals surface area contributed by atoms with Crippen LogP contribution in [0.4, 0.5) is 0 Å². The van der Waals surface area contributed by atoms with Gasteiger partial charge in [0.2, 0.25) is 5.91 Å². The van der Waals surface area contributed by atoms with E-state index in [9.17, 15) is 4.79 Å². The summed E-state index contributed by atoms with van der Waals surface area (Å²) in [6.45, 7) is 4.13. The third kappa shape index (κ3) is 4.59. The number of aromatic nitrogens is 1. The third-order valence-corrected chi connectivity index (χ3v) is 5.91. The van der Waals surface area contributed by atoms with Crippen molar-refractivity contribution < 1.29 is 4.79 Å². The fourth-order valence-electron chi connectivity index (χ4n) is 2.76. The molecule has 0 radical (unpaired) electrons. The van der Waals surface area contributed by atoms with E-state index in [2.05, 4.69) is 57.4 Å². The van der Waals surface area contributed by atoms with E-state index in [-0.39, 0.29) is 11.9 Å². The van der Waals surface area contributed by atoms with E-state index >= 15 is 0 Å². The van der Waals surface area contributed by atoms with E-state index in [4.69, 9.17) is 0 Å². The zero-order valence-corrected chi connectivity index (χ0v) is 17.2. The summed E-state index contributed by atoms with van der Waals surface area (Å²) in [4.78, 5) is 17.0. The Morgan fingerprint density at radius 3 is 2.62 bits per heavy atom. The van der Waals surface area contributed by atoms with Crippen molar-refractivity contribution in [3.05, 3.63) is 75.2 Å². The first kappa shape index (κ1) is 18.8. The number of carbonyl (C=O) groups excluding carboxylic acids is 1. The SMILES string of the molecule is CCc1ccc(-c2nc(CC(=O)NC(C)c3ccccc3Br)cs2)cc1. The van der Waals surface area contributed by atoms with Crippen LogP contribution in [0.1, 0.15) is 36.7 Å². The van der Waals surface area contributed by atoms with Gasteiger partial charge < -0.3 is 5.32 Å². The van der Waals surface area contributed by atoms with Gasteiger partial charge in [-0.1, -0.05) is 65.3 Å². The molecule has 0 aliphatic heterocycles. The van der Waals surface area contributed by atoms with Gasteiger partial charge in [0.15, 0.2) is 0 Å². The quantitative estimate of drug-likeness (QED) is 0.558. The maximum Gasteiger partial charge on any atom is 0.226 e. The van der Waals surface area contributed by atoms with Gasteiger partial charge in [0, 0.05) is 15.4 Å². The van der Waals surface area contributed by atoms with Crippen molar-refractivity contribution in [2.45, 2.75) is 32.7 Å². The first-order valence-electron chi connectivity index (χ1n) is 8.64. The Hall–Kier alpha value is -1.98. The lowest BCUT2D eigenvalue weighted by Crippen LogP contribution is -2.28. The minimum Gasteiger partial charge on any atom is -0.349 e. The van der Waals surface area contributed by atoms with Crippen LogP contribution >= 0.6 is 27.3 Å². The predicted octanol–water partition coefficient (Wildman–Crippen LogP) is 5.55. The number of amides is 1. The van der Waals surface area contributed by atoms with Crippen LogP contribution in [-0.4, -0.2) is 10.9 Å². The van der Waals surface area contributed by atoms with Crippen LogP contribution in [0.3, 0.4) is 0 Å². The molecule has 5 heteroatoms. The number of hydrogen-bond acceptors (Lipinski definition) is 3. The van der Waals surface area contributed by atoms with E-state index in [0.717, 1.165) is 32.7 Å². The van der Waals surface area contributed by atoms with Crippen LogP contribution in [0.2, 0.25) is 0 Å². The number of rotatable bonds is 6. The van der Waals surface area contributed by atoms with Crippen molar-refractivity contribution in [3.63, 3.8) is 0 Å². The standard InChI is InChI=1S/C21H21BrN2OS/c1-3-15-8-10-16(11-9-15)21-24-17(13-26-21)12-20(25)23-14(2)18-6-4-5-7-19(18)22/h4-11,13-14H,3,12H2,1-2H3,(H,23,25). The second-order valence-electron chi connectivity index (χ2n) is 6.18. The molecule has 1 N–H and O–H groups in total. The zero-order valence-electron chi connectivity index (χ0n) is 14.8. The molecule has 1 unspecified atom stereocenters. The first-order chi connectivity index (χ1) is 12.6. The molecule has 2 aromatic carbocycles. The summed E-state index contributed by atoms with van der Waals surface area (Å²) in [5, 5.41) is 5.96. The number of benzene rings is 2. The number of nitrogens with zero attached hydrogens (tertiary/aromatic N) is 1. The van der Waals surface area contributed by atoms with E-state index in [1.54, 1.807) is 11.3 Å². The largest absolute Gasteiger partial charge is 0.349 e. The second kappa shape index (κ2) is 8.60. The van der Waals surface area contributed by atoms with Gasteiger partial charge in [-0.3, -0.25) is 4.79 Å². The van der Waals surface area contributed by atoms with Gasteiger partial charge in [-0.2, -0.15) is 0 Å². The Morgan fingerprint density at radius 1 is 1.19 bits per heavy atom. The van der Waals surface area contributed by atoms with Gasteiger partial charge in [-0.15, -0.1) is 11.3 Å². The molecular weight excluding hydrogens is 408 g/mol. The number of aryl methyl sites for hydroxylation is 1. The molecule has 3 aromatic rings. The summed E-state index contributed by atoms with van der Waals surface area (Å²) in [5.41, 5.74) is 4.28. The Balaban J connectivity index is 1.63. The molecule has 0 aliphatic rings. The lowest BCUT2D eigenvalue weighted by atomic mass is 10.1. The highest BCUT2D eigenvalue weighted by Gasteiger charge is 2.14. The number of thiazole rings is 1. The average Bonchev–Trinajstić information content (AvgIpc) is 3.10. The second-order valence-corrected chi connectivity index (χ2v) is 7.89. The Kier molecular flexibility index (Phi) is 6.22. The van der Waals surface area contributed by atoms with Crippen LogP contribution in [0.25, 0.3) is 10.6 Å². The monoisotopic (exact) mass is 428 g/mol. The van der Waals surface area contributed by atoms with Gasteiger partial charge in [0.25, 0.3) is 0 Å². The van der Waals surface area contributed by atoms with Crippen LogP contribution < -0.4 is 5.32 Å². The minimum absolute atomic E-state index is 0.0218. The highest BCUT2D eigenvalue weighted by atomic mass is 79.9. The van der Waals surface area contributed by atoms with Crippen molar-refractivity contribution in [2.24, 2.45) is 0 Å². The first-order valence-corrected chi connectivity index (χ1v) is 10.3. The Bertz CT molecular complexity index is 889. The Labute approximate surface area is 166 Å². The highest BCUT2D eigenvalue weighted by molar-refractivity contribution is 9.10. The molecule has 0 fully saturated rings. The molecule has 3 rings (SSSR count). The van der Waals surface area contributed by atoms with Crippen molar-refractivity contribution in [3.8, 4) is 10.6 Å². The van der Waals surface area contributed by atoms with Gasteiger partial charge in [-0.05, 0) is 30.5 Å². The number of carbonyl (C=O) groups is 1. The topological polar surface area (TPSA) is 42.0 Å². The van der Waals surface area contributed by atoms with E-state index in [0.29, 0.717) is 6.42 Å². The van der Waals surface area contributed by atoms with Gasteiger partial charge in [-0.25, -0.2) is 4.98 Å². The van der Waals surface area contributed by atoms with Crippen molar-refractivity contribution in [2.75, 3.05) is 0 Å². The fraction of sp³-hybridized carbons (Fsp3) is 0.238. The molecule has 0 aliphatic carbocycles. The summed E-state index contributed by atoms with van der Waals surface area (Å²) < 4.78 is 0.999.